The van der Waals surface area contributed by atoms with E-state index in [9.17, 15) is 0 Å². The number of nitrogens with zero attached hydrogens (tertiary/aromatic N) is 2. The third-order valence-corrected chi connectivity index (χ3v) is 3.15. The Balaban J connectivity index is 1.74. The number of rotatable bonds is 3. The molecular weight excluding hydrogens is 198 g/mol. The van der Waals surface area contributed by atoms with Gasteiger partial charge in [0.25, 0.3) is 0 Å². The van der Waals surface area contributed by atoms with E-state index in [2.05, 4.69) is 34.6 Å². The minimum atomic E-state index is 0.694. The second-order valence-corrected chi connectivity index (χ2v) is 4.29. The van der Waals surface area contributed by atoms with Crippen molar-refractivity contribution in [3.63, 3.8) is 0 Å². The zero-order chi connectivity index (χ0) is 10.8. The van der Waals surface area contributed by atoms with E-state index in [-0.39, 0.29) is 0 Å². The van der Waals surface area contributed by atoms with Crippen LogP contribution in [0.1, 0.15) is 19.3 Å². The highest BCUT2D eigenvalue weighted by molar-refractivity contribution is 5.49. The third-order valence-electron chi connectivity index (χ3n) is 3.15. The first-order chi connectivity index (χ1) is 7.92. The highest BCUT2D eigenvalue weighted by Crippen LogP contribution is 2.23. The van der Waals surface area contributed by atoms with E-state index >= 15 is 0 Å². The van der Waals surface area contributed by atoms with Crippen LogP contribution < -0.4 is 5.32 Å². The molecule has 0 unspecified atom stereocenters. The molecule has 1 aromatic heterocycles. The van der Waals surface area contributed by atoms with Gasteiger partial charge in [0.1, 0.15) is 0 Å². The molecule has 0 saturated heterocycles. The van der Waals surface area contributed by atoms with E-state index < -0.39 is 0 Å². The number of anilines is 1. The molecule has 0 atom stereocenters. The first-order valence-electron chi connectivity index (χ1n) is 5.77. The summed E-state index contributed by atoms with van der Waals surface area (Å²) in [5.41, 5.74) is 2.37. The smallest absolute Gasteiger partial charge is 0.0991 e. The van der Waals surface area contributed by atoms with Gasteiger partial charge in [-0.1, -0.05) is 0 Å². The Hall–Kier alpha value is -1.77. The summed E-state index contributed by atoms with van der Waals surface area (Å²) in [5.74, 6) is 0. The topological polar surface area (TPSA) is 29.9 Å². The summed E-state index contributed by atoms with van der Waals surface area (Å²) in [6.45, 7) is 0. The molecule has 1 aliphatic carbocycles. The third kappa shape index (κ3) is 1.81. The molecule has 1 aliphatic rings. The van der Waals surface area contributed by atoms with Crippen LogP contribution in [0.2, 0.25) is 0 Å². The average molecular weight is 213 g/mol. The maximum atomic E-state index is 4.04. The van der Waals surface area contributed by atoms with Crippen molar-refractivity contribution < 1.29 is 0 Å². The number of benzene rings is 1. The lowest BCUT2D eigenvalue weighted by atomic mass is 9.93. The fraction of sp³-hybridized carbons (Fsp3) is 0.308. The van der Waals surface area contributed by atoms with E-state index in [4.69, 9.17) is 0 Å². The molecule has 1 fully saturated rings. The molecule has 82 valence electrons. The number of hydrogen-bond donors (Lipinski definition) is 1. The minimum Gasteiger partial charge on any atom is -0.382 e. The lowest BCUT2D eigenvalue weighted by Gasteiger charge is -2.27. The maximum Gasteiger partial charge on any atom is 0.0991 e. The Bertz CT molecular complexity index is 441. The molecule has 1 N–H and O–H groups in total. The molecule has 2 aromatic rings. The molecule has 0 radical (unpaired) electrons. The van der Waals surface area contributed by atoms with Crippen LogP contribution in [0.4, 0.5) is 5.69 Å². The van der Waals surface area contributed by atoms with Crippen molar-refractivity contribution in [2.75, 3.05) is 5.32 Å². The van der Waals surface area contributed by atoms with Gasteiger partial charge in [-0.2, -0.15) is 0 Å². The molecule has 0 bridgehead atoms. The van der Waals surface area contributed by atoms with Gasteiger partial charge in [0, 0.05) is 29.8 Å². The predicted octanol–water partition coefficient (Wildman–Crippen LogP) is 2.84. The summed E-state index contributed by atoms with van der Waals surface area (Å²) in [4.78, 5) is 4.04. The summed E-state index contributed by atoms with van der Waals surface area (Å²) < 4.78 is 2.01. The summed E-state index contributed by atoms with van der Waals surface area (Å²) in [7, 11) is 0. The Morgan fingerprint density at radius 3 is 2.56 bits per heavy atom. The monoisotopic (exact) mass is 213 g/mol. The van der Waals surface area contributed by atoms with Crippen LogP contribution in [0, 0.1) is 0 Å². The lowest BCUT2D eigenvalue weighted by Crippen LogP contribution is -2.26. The van der Waals surface area contributed by atoms with E-state index in [0.717, 1.165) is 5.69 Å². The van der Waals surface area contributed by atoms with Gasteiger partial charge in [-0.3, -0.25) is 0 Å². The van der Waals surface area contributed by atoms with Crippen LogP contribution in [-0.2, 0) is 0 Å². The van der Waals surface area contributed by atoms with Crippen molar-refractivity contribution in [3.05, 3.63) is 43.0 Å². The van der Waals surface area contributed by atoms with Crippen molar-refractivity contribution in [3.8, 4) is 5.69 Å². The lowest BCUT2D eigenvalue weighted by molar-refractivity contribution is 0.445. The molecule has 3 nitrogen and oxygen atoms in total. The molecule has 0 spiro atoms. The van der Waals surface area contributed by atoms with Crippen molar-refractivity contribution in [1.82, 2.24) is 9.55 Å². The fourth-order valence-electron chi connectivity index (χ4n) is 1.93. The van der Waals surface area contributed by atoms with E-state index in [1.165, 1.54) is 24.9 Å². The van der Waals surface area contributed by atoms with Gasteiger partial charge in [-0.25, -0.2) is 4.98 Å². The summed E-state index contributed by atoms with van der Waals surface area (Å²) in [6.07, 6.45) is 9.54. The minimum absolute atomic E-state index is 0.694. The standard InChI is InChI=1S/C13H15N3/c1-2-11(3-1)15-12-4-6-13(7-5-12)16-9-8-14-10-16/h4-11,15H,1-3H2. The van der Waals surface area contributed by atoms with E-state index in [1.807, 2.05) is 17.1 Å². The van der Waals surface area contributed by atoms with Crippen LogP contribution in [0.15, 0.2) is 43.0 Å². The second-order valence-electron chi connectivity index (χ2n) is 4.29. The number of aromatic nitrogens is 2. The Morgan fingerprint density at radius 1 is 1.19 bits per heavy atom. The molecule has 3 heteroatoms. The van der Waals surface area contributed by atoms with Gasteiger partial charge in [0.2, 0.25) is 0 Å². The zero-order valence-corrected chi connectivity index (χ0v) is 9.13. The number of nitrogens with one attached hydrogen (secondary N) is 1. The van der Waals surface area contributed by atoms with Crippen LogP contribution >= 0.6 is 0 Å². The number of hydrogen-bond acceptors (Lipinski definition) is 2. The molecule has 16 heavy (non-hydrogen) atoms. The van der Waals surface area contributed by atoms with Crippen LogP contribution in [-0.4, -0.2) is 15.6 Å². The summed E-state index contributed by atoms with van der Waals surface area (Å²) >= 11 is 0. The SMILES string of the molecule is c1cn(-c2ccc(NC3CCC3)cc2)cn1. The molecule has 1 saturated carbocycles. The summed E-state index contributed by atoms with van der Waals surface area (Å²) in [6, 6.07) is 9.19. The van der Waals surface area contributed by atoms with E-state index in [1.54, 1.807) is 6.20 Å². The first-order valence-corrected chi connectivity index (χ1v) is 5.77. The molecule has 1 aromatic carbocycles. The van der Waals surface area contributed by atoms with Gasteiger partial charge in [-0.15, -0.1) is 0 Å². The van der Waals surface area contributed by atoms with Gasteiger partial charge in [0.15, 0.2) is 0 Å². The maximum absolute atomic E-state index is 4.04. The van der Waals surface area contributed by atoms with Crippen LogP contribution in [0.5, 0.6) is 0 Å². The fourth-order valence-corrected chi connectivity index (χ4v) is 1.93. The second kappa shape index (κ2) is 4.00. The first kappa shape index (κ1) is 9.46. The molecule has 3 rings (SSSR count). The largest absolute Gasteiger partial charge is 0.382 e. The molecule has 0 amide bonds. The van der Waals surface area contributed by atoms with Gasteiger partial charge in [-0.05, 0) is 43.5 Å². The van der Waals surface area contributed by atoms with Crippen molar-refractivity contribution in [2.45, 2.75) is 25.3 Å². The van der Waals surface area contributed by atoms with Crippen LogP contribution in [0.3, 0.4) is 0 Å². The Kier molecular flexibility index (Phi) is 2.37. The van der Waals surface area contributed by atoms with Crippen molar-refractivity contribution in [1.29, 1.82) is 0 Å². The predicted molar refractivity (Wildman–Crippen MR) is 64.8 cm³/mol. The zero-order valence-electron chi connectivity index (χ0n) is 9.13. The van der Waals surface area contributed by atoms with Gasteiger partial charge >= 0.3 is 0 Å². The Morgan fingerprint density at radius 2 is 2.00 bits per heavy atom. The van der Waals surface area contributed by atoms with Gasteiger partial charge < -0.3 is 9.88 Å². The summed E-state index contributed by atoms with van der Waals surface area (Å²) in [5, 5.41) is 3.53. The number of imidazole rings is 1. The van der Waals surface area contributed by atoms with E-state index in [0.29, 0.717) is 6.04 Å². The highest BCUT2D eigenvalue weighted by atomic mass is 15.0. The van der Waals surface area contributed by atoms with Gasteiger partial charge in [0.05, 0.1) is 6.33 Å². The highest BCUT2D eigenvalue weighted by Gasteiger charge is 2.16. The van der Waals surface area contributed by atoms with Crippen molar-refractivity contribution >= 4 is 5.69 Å². The average Bonchev–Trinajstić information content (AvgIpc) is 2.78. The Labute approximate surface area is 95.1 Å². The molecular formula is C13H15N3. The normalized spacial score (nSPS) is 15.8. The van der Waals surface area contributed by atoms with Crippen LogP contribution in [0.25, 0.3) is 5.69 Å². The quantitative estimate of drug-likeness (QED) is 0.849. The van der Waals surface area contributed by atoms with Crippen molar-refractivity contribution in [2.24, 2.45) is 0 Å². The molecule has 1 heterocycles. The molecule has 0 aliphatic heterocycles.